The zero-order valence-corrected chi connectivity index (χ0v) is 16.2. The summed E-state index contributed by atoms with van der Waals surface area (Å²) in [5, 5.41) is 6.02. The average Bonchev–Trinajstić information content (AvgIpc) is 2.60. The van der Waals surface area contributed by atoms with Crippen LogP contribution in [0.25, 0.3) is 0 Å². The minimum Gasteiger partial charge on any atom is -0.351 e. The Balaban J connectivity index is 1.75. The maximum absolute atomic E-state index is 12.8. The molecule has 0 aliphatic heterocycles. The molecule has 0 aromatic heterocycles. The van der Waals surface area contributed by atoms with E-state index in [1.54, 1.807) is 25.1 Å². The molecule has 0 saturated heterocycles. The number of thioether (sulfide) groups is 1. The van der Waals surface area contributed by atoms with E-state index in [-0.39, 0.29) is 29.9 Å². The summed E-state index contributed by atoms with van der Waals surface area (Å²) in [5.74, 6) is -0.728. The normalized spacial score (nSPS) is 11.7. The van der Waals surface area contributed by atoms with Crippen LogP contribution in [0, 0.1) is 5.82 Å². The lowest BCUT2D eigenvalue weighted by atomic mass is 10.2. The van der Waals surface area contributed by atoms with Crippen LogP contribution in [0.5, 0.6) is 0 Å². The summed E-state index contributed by atoms with van der Waals surface area (Å²) < 4.78 is 12.8. The highest BCUT2D eigenvalue weighted by atomic mass is 35.5. The number of halogens is 3. The first-order chi connectivity index (χ1) is 12.3. The van der Waals surface area contributed by atoms with Gasteiger partial charge in [0.15, 0.2) is 0 Å². The molecule has 0 bridgehead atoms. The molecule has 2 aromatic rings. The maximum Gasteiger partial charge on any atom is 0.234 e. The van der Waals surface area contributed by atoms with Crippen molar-refractivity contribution < 1.29 is 14.0 Å². The topological polar surface area (TPSA) is 58.2 Å². The van der Waals surface area contributed by atoms with Gasteiger partial charge in [0.2, 0.25) is 11.8 Å². The Labute approximate surface area is 165 Å². The largest absolute Gasteiger partial charge is 0.351 e. The summed E-state index contributed by atoms with van der Waals surface area (Å²) in [7, 11) is 0. The Morgan fingerprint density at radius 1 is 1.15 bits per heavy atom. The highest BCUT2D eigenvalue weighted by Gasteiger charge is 2.15. The number of hydrogen-bond acceptors (Lipinski definition) is 3. The van der Waals surface area contributed by atoms with Crippen molar-refractivity contribution in [3.63, 3.8) is 0 Å². The zero-order chi connectivity index (χ0) is 19.1. The number of nitrogens with one attached hydrogen (secondary N) is 2. The number of benzene rings is 2. The Bertz CT molecular complexity index is 787. The van der Waals surface area contributed by atoms with Gasteiger partial charge in [-0.05, 0) is 48.9 Å². The van der Waals surface area contributed by atoms with Gasteiger partial charge in [-0.1, -0.05) is 29.3 Å². The lowest BCUT2D eigenvalue weighted by Gasteiger charge is -2.13. The van der Waals surface area contributed by atoms with Crippen LogP contribution in [0.3, 0.4) is 0 Å². The number of carbonyl (C=O) groups excluding carboxylic acids is 2. The smallest absolute Gasteiger partial charge is 0.234 e. The van der Waals surface area contributed by atoms with E-state index in [2.05, 4.69) is 10.6 Å². The first-order valence-electron chi connectivity index (χ1n) is 7.74. The molecule has 0 radical (unpaired) electrons. The third kappa shape index (κ3) is 6.52. The average molecular weight is 415 g/mol. The Morgan fingerprint density at radius 2 is 1.85 bits per heavy atom. The third-order valence-corrected chi connectivity index (χ3v) is 5.16. The molecule has 2 N–H and O–H groups in total. The standard InChI is InChI=1S/C18H17Cl2FN2O2S/c1-11(18(25)22-9-12-2-3-13(19)8-16(12)20)26-10-17(24)23-15-6-4-14(21)5-7-15/h2-8,11H,9-10H2,1H3,(H,22,25)(H,23,24). The lowest BCUT2D eigenvalue weighted by molar-refractivity contribution is -0.120. The van der Waals surface area contributed by atoms with Crippen molar-refractivity contribution in [3.05, 3.63) is 63.9 Å². The summed E-state index contributed by atoms with van der Waals surface area (Å²) in [5.41, 5.74) is 1.27. The fourth-order valence-corrected chi connectivity index (χ4v) is 3.18. The molecule has 0 saturated carbocycles. The monoisotopic (exact) mass is 414 g/mol. The molecule has 26 heavy (non-hydrogen) atoms. The molecular weight excluding hydrogens is 398 g/mol. The van der Waals surface area contributed by atoms with Gasteiger partial charge in [-0.3, -0.25) is 9.59 Å². The Morgan fingerprint density at radius 3 is 2.50 bits per heavy atom. The SMILES string of the molecule is CC(SCC(=O)Nc1ccc(F)cc1)C(=O)NCc1ccc(Cl)cc1Cl. The van der Waals surface area contributed by atoms with Crippen LogP contribution in [0.2, 0.25) is 10.0 Å². The van der Waals surface area contributed by atoms with Gasteiger partial charge >= 0.3 is 0 Å². The molecular formula is C18H17Cl2FN2O2S. The number of hydrogen-bond donors (Lipinski definition) is 2. The highest BCUT2D eigenvalue weighted by molar-refractivity contribution is 8.01. The molecule has 2 aromatic carbocycles. The Kier molecular flexibility index (Phi) is 7.75. The second kappa shape index (κ2) is 9.80. The fourth-order valence-electron chi connectivity index (χ4n) is 2.00. The molecule has 4 nitrogen and oxygen atoms in total. The molecule has 8 heteroatoms. The molecule has 2 rings (SSSR count). The van der Waals surface area contributed by atoms with Crippen molar-refractivity contribution in [1.29, 1.82) is 0 Å². The van der Waals surface area contributed by atoms with Crippen molar-refractivity contribution in [3.8, 4) is 0 Å². The molecule has 0 aliphatic carbocycles. The van der Waals surface area contributed by atoms with Crippen LogP contribution in [-0.2, 0) is 16.1 Å². The van der Waals surface area contributed by atoms with Crippen LogP contribution in [0.15, 0.2) is 42.5 Å². The van der Waals surface area contributed by atoms with Gasteiger partial charge in [0.25, 0.3) is 0 Å². The first-order valence-corrected chi connectivity index (χ1v) is 9.54. The predicted molar refractivity (Wildman–Crippen MR) is 105 cm³/mol. The Hall–Kier alpha value is -1.76. The van der Waals surface area contributed by atoms with E-state index in [1.807, 2.05) is 0 Å². The molecule has 0 fully saturated rings. The fraction of sp³-hybridized carbons (Fsp3) is 0.222. The molecule has 0 spiro atoms. The van der Waals surface area contributed by atoms with Gasteiger partial charge in [-0.25, -0.2) is 4.39 Å². The summed E-state index contributed by atoms with van der Waals surface area (Å²) in [6.07, 6.45) is 0. The van der Waals surface area contributed by atoms with Gasteiger partial charge in [0.1, 0.15) is 5.82 Å². The van der Waals surface area contributed by atoms with Crippen molar-refractivity contribution in [2.75, 3.05) is 11.1 Å². The maximum atomic E-state index is 12.8. The van der Waals surface area contributed by atoms with E-state index in [4.69, 9.17) is 23.2 Å². The number of carbonyl (C=O) groups is 2. The predicted octanol–water partition coefficient (Wildman–Crippen LogP) is 4.51. The summed E-state index contributed by atoms with van der Waals surface area (Å²) in [4.78, 5) is 24.0. The second-order valence-electron chi connectivity index (χ2n) is 5.46. The van der Waals surface area contributed by atoms with Gasteiger partial charge in [0, 0.05) is 22.3 Å². The van der Waals surface area contributed by atoms with E-state index in [0.717, 1.165) is 5.56 Å². The van der Waals surface area contributed by atoms with Crippen LogP contribution >= 0.6 is 35.0 Å². The van der Waals surface area contributed by atoms with Crippen LogP contribution in [-0.4, -0.2) is 22.8 Å². The van der Waals surface area contributed by atoms with Gasteiger partial charge in [0.05, 0.1) is 11.0 Å². The van der Waals surface area contributed by atoms with Crippen LogP contribution < -0.4 is 10.6 Å². The first kappa shape index (κ1) is 20.6. The van der Waals surface area contributed by atoms with Gasteiger partial charge in [-0.15, -0.1) is 11.8 Å². The summed E-state index contributed by atoms with van der Waals surface area (Å²) >= 11 is 13.1. The van der Waals surface area contributed by atoms with E-state index >= 15 is 0 Å². The minimum absolute atomic E-state index is 0.105. The highest BCUT2D eigenvalue weighted by Crippen LogP contribution is 2.21. The lowest BCUT2D eigenvalue weighted by Crippen LogP contribution is -2.31. The molecule has 1 atom stereocenters. The molecule has 0 heterocycles. The molecule has 1 unspecified atom stereocenters. The minimum atomic E-state index is -0.417. The van der Waals surface area contributed by atoms with Crippen LogP contribution in [0.1, 0.15) is 12.5 Å². The van der Waals surface area contributed by atoms with Crippen LogP contribution in [0.4, 0.5) is 10.1 Å². The quantitative estimate of drug-likeness (QED) is 0.700. The zero-order valence-electron chi connectivity index (χ0n) is 13.9. The second-order valence-corrected chi connectivity index (χ2v) is 7.63. The van der Waals surface area contributed by atoms with E-state index in [1.165, 1.54) is 36.0 Å². The number of amides is 2. The summed E-state index contributed by atoms with van der Waals surface area (Å²) in [6, 6.07) is 10.5. The van der Waals surface area contributed by atoms with E-state index in [9.17, 15) is 14.0 Å². The van der Waals surface area contributed by atoms with E-state index < -0.39 is 5.25 Å². The third-order valence-electron chi connectivity index (χ3n) is 3.43. The van der Waals surface area contributed by atoms with Gasteiger partial charge < -0.3 is 10.6 Å². The van der Waals surface area contributed by atoms with Crippen molar-refractivity contribution in [1.82, 2.24) is 5.32 Å². The van der Waals surface area contributed by atoms with Crippen molar-refractivity contribution in [2.24, 2.45) is 0 Å². The molecule has 138 valence electrons. The van der Waals surface area contributed by atoms with E-state index in [0.29, 0.717) is 15.7 Å². The van der Waals surface area contributed by atoms with Crippen molar-refractivity contribution >= 4 is 52.5 Å². The molecule has 2 amide bonds. The van der Waals surface area contributed by atoms with Gasteiger partial charge in [-0.2, -0.15) is 0 Å². The number of anilines is 1. The van der Waals surface area contributed by atoms with Crippen molar-refractivity contribution in [2.45, 2.75) is 18.7 Å². The molecule has 0 aliphatic rings. The number of rotatable bonds is 7. The summed E-state index contributed by atoms with van der Waals surface area (Å²) in [6.45, 7) is 2.00.